The topological polar surface area (TPSA) is 68.0 Å². The molecule has 2 aromatic heterocycles. The van der Waals surface area contributed by atoms with Crippen molar-refractivity contribution in [2.24, 2.45) is 0 Å². The smallest absolute Gasteiger partial charge is 0.259 e. The molecule has 3 aromatic rings. The number of hydrogen-bond donors (Lipinski definition) is 1. The van der Waals surface area contributed by atoms with Crippen molar-refractivity contribution in [3.05, 3.63) is 47.7 Å². The predicted octanol–water partition coefficient (Wildman–Crippen LogP) is 4.12. The highest BCUT2D eigenvalue weighted by atomic mass is 16.5. The van der Waals surface area contributed by atoms with Crippen LogP contribution in [-0.2, 0) is 0 Å². The highest BCUT2D eigenvalue weighted by Crippen LogP contribution is 2.27. The fraction of sp³-hybridized carbons (Fsp3) is 0.316. The Morgan fingerprint density at radius 1 is 1.21 bits per heavy atom. The van der Waals surface area contributed by atoms with Crippen molar-refractivity contribution < 1.29 is 9.32 Å². The Labute approximate surface area is 141 Å². The van der Waals surface area contributed by atoms with Crippen LogP contribution in [0.25, 0.3) is 22.4 Å². The van der Waals surface area contributed by atoms with Gasteiger partial charge in [0.1, 0.15) is 0 Å². The first-order chi connectivity index (χ1) is 11.6. The standard InChI is InChI=1S/C19H21N3O2/c1-4-14(5-2)20-18(23)15-11-16(13-9-7-6-8-10-13)21-19-17(15)12(3)22-24-19/h6-11,14H,4-5H2,1-3H3,(H,20,23). The number of nitrogens with zero attached hydrogens (tertiary/aromatic N) is 2. The van der Waals surface area contributed by atoms with Gasteiger partial charge in [-0.15, -0.1) is 0 Å². The normalized spacial score (nSPS) is 11.2. The van der Waals surface area contributed by atoms with Crippen LogP contribution in [-0.4, -0.2) is 22.1 Å². The summed E-state index contributed by atoms with van der Waals surface area (Å²) in [5, 5.41) is 7.74. The van der Waals surface area contributed by atoms with E-state index in [1.807, 2.05) is 43.3 Å². The second-order valence-electron chi connectivity index (χ2n) is 5.86. The predicted molar refractivity (Wildman–Crippen MR) is 93.8 cm³/mol. The monoisotopic (exact) mass is 323 g/mol. The van der Waals surface area contributed by atoms with Crippen molar-refractivity contribution >= 4 is 17.0 Å². The number of aryl methyl sites for hydroxylation is 1. The molecule has 0 radical (unpaired) electrons. The first kappa shape index (κ1) is 16.2. The molecule has 24 heavy (non-hydrogen) atoms. The molecule has 0 aliphatic carbocycles. The third-order valence-electron chi connectivity index (χ3n) is 4.25. The summed E-state index contributed by atoms with van der Waals surface area (Å²) >= 11 is 0. The van der Waals surface area contributed by atoms with E-state index in [0.717, 1.165) is 18.4 Å². The van der Waals surface area contributed by atoms with Crippen LogP contribution in [0, 0.1) is 6.92 Å². The van der Waals surface area contributed by atoms with E-state index < -0.39 is 0 Å². The first-order valence-electron chi connectivity index (χ1n) is 8.27. The maximum atomic E-state index is 12.8. The molecule has 0 saturated heterocycles. The fourth-order valence-electron chi connectivity index (χ4n) is 2.79. The molecule has 124 valence electrons. The van der Waals surface area contributed by atoms with Crippen LogP contribution in [0.1, 0.15) is 42.7 Å². The summed E-state index contributed by atoms with van der Waals surface area (Å²) in [6.45, 7) is 5.96. The van der Waals surface area contributed by atoms with Crippen LogP contribution in [0.15, 0.2) is 40.9 Å². The summed E-state index contributed by atoms with van der Waals surface area (Å²) in [6, 6.07) is 11.7. The van der Waals surface area contributed by atoms with E-state index in [0.29, 0.717) is 28.1 Å². The van der Waals surface area contributed by atoms with Gasteiger partial charge in [-0.1, -0.05) is 49.3 Å². The Balaban J connectivity index is 2.11. The summed E-state index contributed by atoms with van der Waals surface area (Å²) < 4.78 is 5.32. The van der Waals surface area contributed by atoms with E-state index in [1.165, 1.54) is 0 Å². The average Bonchev–Trinajstić information content (AvgIpc) is 3.00. The van der Waals surface area contributed by atoms with Gasteiger partial charge >= 0.3 is 0 Å². The lowest BCUT2D eigenvalue weighted by molar-refractivity contribution is 0.0936. The SMILES string of the molecule is CCC(CC)NC(=O)c1cc(-c2ccccc2)nc2onc(C)c12. The van der Waals surface area contributed by atoms with Crippen molar-refractivity contribution in [1.82, 2.24) is 15.5 Å². The van der Waals surface area contributed by atoms with Crippen LogP contribution in [0.4, 0.5) is 0 Å². The molecule has 0 fully saturated rings. The molecule has 0 spiro atoms. The van der Waals surface area contributed by atoms with E-state index in [4.69, 9.17) is 4.52 Å². The van der Waals surface area contributed by atoms with Crippen LogP contribution >= 0.6 is 0 Å². The molecule has 3 rings (SSSR count). The number of rotatable bonds is 5. The molecule has 0 aliphatic heterocycles. The van der Waals surface area contributed by atoms with E-state index in [9.17, 15) is 4.79 Å². The Bertz CT molecular complexity index is 852. The maximum absolute atomic E-state index is 12.8. The summed E-state index contributed by atoms with van der Waals surface area (Å²) in [4.78, 5) is 17.3. The molecular formula is C19H21N3O2. The van der Waals surface area contributed by atoms with Crippen LogP contribution in [0.2, 0.25) is 0 Å². The van der Waals surface area contributed by atoms with Gasteiger partial charge < -0.3 is 9.84 Å². The number of fused-ring (bicyclic) bond motifs is 1. The van der Waals surface area contributed by atoms with Crippen LogP contribution in [0.5, 0.6) is 0 Å². The van der Waals surface area contributed by atoms with Crippen molar-refractivity contribution in [3.63, 3.8) is 0 Å². The van der Waals surface area contributed by atoms with Gasteiger partial charge in [0.2, 0.25) is 0 Å². The third-order valence-corrected chi connectivity index (χ3v) is 4.25. The molecule has 1 amide bonds. The molecular weight excluding hydrogens is 302 g/mol. The summed E-state index contributed by atoms with van der Waals surface area (Å²) in [6.07, 6.45) is 1.79. The Morgan fingerprint density at radius 3 is 2.58 bits per heavy atom. The number of amides is 1. The Morgan fingerprint density at radius 2 is 1.92 bits per heavy atom. The first-order valence-corrected chi connectivity index (χ1v) is 8.27. The van der Waals surface area contributed by atoms with Gasteiger partial charge in [0.05, 0.1) is 22.3 Å². The van der Waals surface area contributed by atoms with Crippen molar-refractivity contribution in [1.29, 1.82) is 0 Å². The fourth-order valence-corrected chi connectivity index (χ4v) is 2.79. The van der Waals surface area contributed by atoms with Gasteiger partial charge in [0, 0.05) is 11.6 Å². The lowest BCUT2D eigenvalue weighted by Gasteiger charge is -2.15. The van der Waals surface area contributed by atoms with E-state index in [2.05, 4.69) is 29.3 Å². The van der Waals surface area contributed by atoms with Crippen LogP contribution < -0.4 is 5.32 Å². The number of nitrogens with one attached hydrogen (secondary N) is 1. The second kappa shape index (κ2) is 6.83. The van der Waals surface area contributed by atoms with Gasteiger partial charge in [0.25, 0.3) is 11.6 Å². The number of aromatic nitrogens is 2. The largest absolute Gasteiger partial charge is 0.349 e. The van der Waals surface area contributed by atoms with Crippen LogP contribution in [0.3, 0.4) is 0 Å². The average molecular weight is 323 g/mol. The van der Waals surface area contributed by atoms with Crippen molar-refractivity contribution in [2.75, 3.05) is 0 Å². The molecule has 0 atom stereocenters. The number of benzene rings is 1. The number of hydrogen-bond acceptors (Lipinski definition) is 4. The Hall–Kier alpha value is -2.69. The minimum absolute atomic E-state index is 0.111. The van der Waals surface area contributed by atoms with Gasteiger partial charge in [-0.3, -0.25) is 4.79 Å². The summed E-state index contributed by atoms with van der Waals surface area (Å²) in [5.41, 5.74) is 3.26. The minimum atomic E-state index is -0.111. The van der Waals surface area contributed by atoms with Gasteiger partial charge in [-0.2, -0.15) is 0 Å². The second-order valence-corrected chi connectivity index (χ2v) is 5.86. The highest BCUT2D eigenvalue weighted by Gasteiger charge is 2.20. The zero-order valence-electron chi connectivity index (χ0n) is 14.2. The van der Waals surface area contributed by atoms with E-state index in [1.54, 1.807) is 0 Å². The number of carbonyl (C=O) groups excluding carboxylic acids is 1. The zero-order valence-corrected chi connectivity index (χ0v) is 14.2. The number of pyridine rings is 1. The summed E-state index contributed by atoms with van der Waals surface area (Å²) in [7, 11) is 0. The molecule has 1 aromatic carbocycles. The third kappa shape index (κ3) is 3.02. The Kier molecular flexibility index (Phi) is 4.60. The molecule has 0 saturated carbocycles. The molecule has 1 N–H and O–H groups in total. The lowest BCUT2D eigenvalue weighted by atomic mass is 10.0. The molecule has 0 aliphatic rings. The molecule has 0 bridgehead atoms. The molecule has 5 heteroatoms. The van der Waals surface area contributed by atoms with E-state index >= 15 is 0 Å². The summed E-state index contributed by atoms with van der Waals surface area (Å²) in [5.74, 6) is -0.111. The van der Waals surface area contributed by atoms with Gasteiger partial charge in [0.15, 0.2) is 0 Å². The maximum Gasteiger partial charge on any atom is 0.259 e. The molecule has 5 nitrogen and oxygen atoms in total. The van der Waals surface area contributed by atoms with Crippen molar-refractivity contribution in [2.45, 2.75) is 39.7 Å². The minimum Gasteiger partial charge on any atom is -0.349 e. The quantitative estimate of drug-likeness (QED) is 0.767. The number of carbonyl (C=O) groups is 1. The van der Waals surface area contributed by atoms with Crippen molar-refractivity contribution in [3.8, 4) is 11.3 Å². The highest BCUT2D eigenvalue weighted by molar-refractivity contribution is 6.07. The van der Waals surface area contributed by atoms with E-state index in [-0.39, 0.29) is 11.9 Å². The zero-order chi connectivity index (χ0) is 17.1. The van der Waals surface area contributed by atoms with Gasteiger partial charge in [-0.25, -0.2) is 4.98 Å². The molecule has 2 heterocycles. The van der Waals surface area contributed by atoms with Gasteiger partial charge in [-0.05, 0) is 25.8 Å². The molecule has 0 unspecified atom stereocenters. The lowest BCUT2D eigenvalue weighted by Crippen LogP contribution is -2.34.